The van der Waals surface area contributed by atoms with Crippen LogP contribution in [0.2, 0.25) is 0 Å². The largest absolute Gasteiger partial charge is 0.378 e. The van der Waals surface area contributed by atoms with Gasteiger partial charge < -0.3 is 20.9 Å². The molecule has 0 saturated heterocycles. The van der Waals surface area contributed by atoms with Crippen LogP contribution in [-0.4, -0.2) is 23.9 Å². The molecule has 3 N–H and O–H groups in total. The smallest absolute Gasteiger partial charge is 0.224 e. The van der Waals surface area contributed by atoms with Gasteiger partial charge in [-0.1, -0.05) is 87.7 Å². The number of hydrogen-bond acceptors (Lipinski definition) is 4. The summed E-state index contributed by atoms with van der Waals surface area (Å²) >= 11 is 3.18. The number of rotatable bonds is 4. The number of aryl methyl sites for hydroxylation is 2. The van der Waals surface area contributed by atoms with Crippen molar-refractivity contribution in [2.75, 3.05) is 15.1 Å². The predicted octanol–water partition coefficient (Wildman–Crippen LogP) is 12.5. The van der Waals surface area contributed by atoms with Crippen LogP contribution in [0, 0.1) is 25.5 Å². The number of carbonyl (C=O) groups excluding carboxylic acids is 2. The van der Waals surface area contributed by atoms with E-state index in [4.69, 9.17) is 5.73 Å². The quantitative estimate of drug-likeness (QED) is 0.185. The molecule has 4 unspecified atom stereocenters. The minimum absolute atomic E-state index is 0.0228. The SMILES string of the molecule is CC(=O)N1c2ccc(-c3cccc(C)c3)cc2C(N)CC1C.CC(=O)N1c2ccc(-c3cccc(C)c3)cc2C(Nc2ccc(F)cc2)CC1C.Fc1ccc(Br)cc1. The molecule has 6 nitrogen and oxygen atoms in total. The molecule has 6 aromatic rings. The Kier molecular flexibility index (Phi) is 13.8. The minimum atomic E-state index is -0.252. The second-order valence-electron chi connectivity index (χ2n) is 15.5. The molecule has 0 fully saturated rings. The molecule has 2 heterocycles. The molecule has 2 amide bonds. The van der Waals surface area contributed by atoms with Crippen molar-refractivity contribution in [3.05, 3.63) is 172 Å². The van der Waals surface area contributed by atoms with Crippen LogP contribution in [0.4, 0.5) is 25.8 Å². The van der Waals surface area contributed by atoms with E-state index in [1.165, 1.54) is 41.0 Å². The second kappa shape index (κ2) is 19.0. The van der Waals surface area contributed by atoms with Gasteiger partial charge in [-0.2, -0.15) is 0 Å². The molecule has 0 aromatic heterocycles. The summed E-state index contributed by atoms with van der Waals surface area (Å²) in [4.78, 5) is 28.0. The highest BCUT2D eigenvalue weighted by Gasteiger charge is 2.33. The van der Waals surface area contributed by atoms with E-state index in [1.54, 1.807) is 38.1 Å². The number of halogens is 3. The molecular weight excluding hydrogens is 806 g/mol. The number of fused-ring (bicyclic) bond motifs is 2. The van der Waals surface area contributed by atoms with Crippen molar-refractivity contribution < 1.29 is 18.4 Å². The highest BCUT2D eigenvalue weighted by Crippen LogP contribution is 2.42. The normalized spacial score (nSPS) is 17.9. The zero-order valence-electron chi connectivity index (χ0n) is 34.3. The van der Waals surface area contributed by atoms with Gasteiger partial charge >= 0.3 is 0 Å². The fourth-order valence-corrected chi connectivity index (χ4v) is 8.32. The van der Waals surface area contributed by atoms with Crippen LogP contribution in [0.3, 0.4) is 0 Å². The van der Waals surface area contributed by atoms with E-state index in [2.05, 4.69) is 122 Å². The van der Waals surface area contributed by atoms with Gasteiger partial charge in [0.2, 0.25) is 11.8 Å². The van der Waals surface area contributed by atoms with E-state index < -0.39 is 0 Å². The van der Waals surface area contributed by atoms with Crippen LogP contribution in [0.15, 0.2) is 138 Å². The van der Waals surface area contributed by atoms with Crippen molar-refractivity contribution in [1.29, 1.82) is 0 Å². The minimum Gasteiger partial charge on any atom is -0.378 e. The Bertz CT molecular complexity index is 2400. The second-order valence-corrected chi connectivity index (χ2v) is 16.4. The fourth-order valence-electron chi connectivity index (χ4n) is 8.05. The number of benzene rings is 6. The van der Waals surface area contributed by atoms with Gasteiger partial charge in [0, 0.05) is 53.5 Å². The standard InChI is InChI=1S/C25H25FN2O.C19H22N2O.C6H4BrF/c1-16-5-4-6-19(13-16)20-7-12-25-23(15-20)24(14-17(2)28(25)18(3)29)27-22-10-8-21(26)9-11-22;1-12-5-4-6-15(9-12)16-7-8-19-17(11-16)18(20)10-13(2)21(19)14(3)22;7-5-1-3-6(8)4-2-5/h4-13,15,17,24,27H,14H2,1-3H3;4-9,11,13,18H,10,20H2,1-3H3;1-4H. The van der Waals surface area contributed by atoms with Gasteiger partial charge in [0.15, 0.2) is 0 Å². The van der Waals surface area contributed by atoms with Crippen LogP contribution in [0.1, 0.15) is 74.9 Å². The molecule has 2 aliphatic rings. The van der Waals surface area contributed by atoms with Crippen LogP contribution < -0.4 is 20.9 Å². The lowest BCUT2D eigenvalue weighted by Gasteiger charge is -2.39. The highest BCUT2D eigenvalue weighted by molar-refractivity contribution is 9.10. The Hall–Kier alpha value is -5.64. The molecule has 4 atom stereocenters. The first-order valence-corrected chi connectivity index (χ1v) is 20.7. The van der Waals surface area contributed by atoms with Crippen molar-refractivity contribution in [3.63, 3.8) is 0 Å². The van der Waals surface area contributed by atoms with Gasteiger partial charge in [0.05, 0.1) is 6.04 Å². The Labute approximate surface area is 355 Å². The zero-order valence-corrected chi connectivity index (χ0v) is 35.9. The first-order valence-electron chi connectivity index (χ1n) is 19.9. The third kappa shape index (κ3) is 10.5. The van der Waals surface area contributed by atoms with Crippen LogP contribution >= 0.6 is 15.9 Å². The average molecular weight is 858 g/mol. The van der Waals surface area contributed by atoms with Gasteiger partial charge in [-0.05, 0) is 147 Å². The Morgan fingerprint density at radius 3 is 1.53 bits per heavy atom. The van der Waals surface area contributed by atoms with Crippen LogP contribution in [0.5, 0.6) is 0 Å². The molecule has 59 heavy (non-hydrogen) atoms. The van der Waals surface area contributed by atoms with Crippen molar-refractivity contribution in [1.82, 2.24) is 0 Å². The maximum atomic E-state index is 13.3. The number of nitrogens with zero attached hydrogens (tertiary/aromatic N) is 2. The molecule has 0 spiro atoms. The summed E-state index contributed by atoms with van der Waals surface area (Å²) in [5.41, 5.74) is 18.3. The van der Waals surface area contributed by atoms with E-state index in [0.717, 1.165) is 62.2 Å². The number of amides is 2. The van der Waals surface area contributed by atoms with Crippen LogP contribution in [-0.2, 0) is 9.59 Å². The average Bonchev–Trinajstić information content (AvgIpc) is 3.20. The topological polar surface area (TPSA) is 78.7 Å². The molecular formula is C50H51BrF2N4O2. The summed E-state index contributed by atoms with van der Waals surface area (Å²) in [5, 5.41) is 3.54. The summed E-state index contributed by atoms with van der Waals surface area (Å²) in [6, 6.07) is 42.2. The number of carbonyl (C=O) groups is 2. The van der Waals surface area contributed by atoms with Crippen molar-refractivity contribution in [2.24, 2.45) is 5.73 Å². The van der Waals surface area contributed by atoms with E-state index >= 15 is 0 Å². The number of nitrogens with one attached hydrogen (secondary N) is 1. The molecule has 9 heteroatoms. The molecule has 0 aliphatic carbocycles. The predicted molar refractivity (Wildman–Crippen MR) is 242 cm³/mol. The molecule has 304 valence electrons. The van der Waals surface area contributed by atoms with E-state index in [1.807, 2.05) is 21.9 Å². The number of anilines is 3. The summed E-state index contributed by atoms with van der Waals surface area (Å²) in [7, 11) is 0. The highest BCUT2D eigenvalue weighted by atomic mass is 79.9. The van der Waals surface area contributed by atoms with Gasteiger partial charge in [-0.15, -0.1) is 0 Å². The first-order chi connectivity index (χ1) is 28.2. The molecule has 6 aromatic carbocycles. The van der Waals surface area contributed by atoms with Crippen molar-refractivity contribution in [3.8, 4) is 22.3 Å². The summed E-state index contributed by atoms with van der Waals surface area (Å²) in [6.45, 7) is 11.5. The Balaban J connectivity index is 0.000000171. The maximum Gasteiger partial charge on any atom is 0.224 e. The molecule has 8 rings (SSSR count). The number of nitrogens with two attached hydrogens (primary N) is 1. The van der Waals surface area contributed by atoms with Gasteiger partial charge in [-0.3, -0.25) is 9.59 Å². The van der Waals surface area contributed by atoms with Gasteiger partial charge in [-0.25, -0.2) is 8.78 Å². The van der Waals surface area contributed by atoms with Crippen molar-refractivity contribution in [2.45, 2.75) is 78.6 Å². The lowest BCUT2D eigenvalue weighted by atomic mass is 9.88. The summed E-state index contributed by atoms with van der Waals surface area (Å²) in [5.74, 6) is -0.336. The lowest BCUT2D eigenvalue weighted by molar-refractivity contribution is -0.118. The third-order valence-corrected chi connectivity index (χ3v) is 11.3. The maximum absolute atomic E-state index is 13.3. The summed E-state index contributed by atoms with van der Waals surface area (Å²) in [6.07, 6.45) is 1.57. The fraction of sp³-hybridized carbons (Fsp3) is 0.240. The molecule has 2 aliphatic heterocycles. The zero-order chi connectivity index (χ0) is 42.4. The monoisotopic (exact) mass is 856 g/mol. The van der Waals surface area contributed by atoms with Gasteiger partial charge in [0.1, 0.15) is 11.6 Å². The molecule has 0 radical (unpaired) electrons. The summed E-state index contributed by atoms with van der Waals surface area (Å²) < 4.78 is 26.3. The van der Waals surface area contributed by atoms with E-state index in [0.29, 0.717) is 0 Å². The third-order valence-electron chi connectivity index (χ3n) is 10.8. The van der Waals surface area contributed by atoms with Crippen LogP contribution in [0.25, 0.3) is 22.3 Å². The van der Waals surface area contributed by atoms with Crippen molar-refractivity contribution >= 4 is 44.8 Å². The first kappa shape index (κ1) is 43.0. The van der Waals surface area contributed by atoms with E-state index in [9.17, 15) is 18.4 Å². The number of hydrogen-bond donors (Lipinski definition) is 2. The Morgan fingerprint density at radius 2 is 1.05 bits per heavy atom. The van der Waals surface area contributed by atoms with E-state index in [-0.39, 0.29) is 47.6 Å². The molecule has 0 bridgehead atoms. The van der Waals surface area contributed by atoms with Gasteiger partial charge in [0.25, 0.3) is 0 Å². The lowest BCUT2D eigenvalue weighted by Crippen LogP contribution is -2.43. The Morgan fingerprint density at radius 1 is 0.610 bits per heavy atom. The molecule has 0 saturated carbocycles.